The zero-order valence-electron chi connectivity index (χ0n) is 13.6. The second-order valence-electron chi connectivity index (χ2n) is 5.03. The van der Waals surface area contributed by atoms with Crippen molar-refractivity contribution in [3.8, 4) is 11.5 Å². The van der Waals surface area contributed by atoms with Gasteiger partial charge in [0.15, 0.2) is 17.3 Å². The molecule has 122 valence electrons. The molecule has 0 saturated heterocycles. The summed E-state index contributed by atoms with van der Waals surface area (Å²) in [4.78, 5) is 26.6. The fourth-order valence-electron chi connectivity index (χ4n) is 2.24. The molecule has 0 atom stereocenters. The lowest BCUT2D eigenvalue weighted by Gasteiger charge is -2.19. The summed E-state index contributed by atoms with van der Waals surface area (Å²) in [6.07, 6.45) is 0. The van der Waals surface area contributed by atoms with Crippen molar-refractivity contribution in [1.82, 2.24) is 4.90 Å². The van der Waals surface area contributed by atoms with E-state index in [2.05, 4.69) is 0 Å². The van der Waals surface area contributed by atoms with Gasteiger partial charge in [-0.3, -0.25) is 9.59 Å². The third kappa shape index (κ3) is 3.71. The third-order valence-electron chi connectivity index (χ3n) is 3.40. The van der Waals surface area contributed by atoms with Crippen molar-refractivity contribution >= 4 is 23.0 Å². The predicted molar refractivity (Wildman–Crippen MR) is 89.7 cm³/mol. The number of ether oxygens (including phenoxy) is 2. The number of rotatable bonds is 6. The minimum Gasteiger partial charge on any atom is -0.493 e. The summed E-state index contributed by atoms with van der Waals surface area (Å²) in [6.45, 7) is 1.87. The van der Waals surface area contributed by atoms with Crippen LogP contribution >= 0.6 is 11.3 Å². The first kappa shape index (κ1) is 17.0. The van der Waals surface area contributed by atoms with Crippen LogP contribution in [-0.4, -0.2) is 37.9 Å². The molecule has 6 heteroatoms. The molecule has 0 saturated carbocycles. The van der Waals surface area contributed by atoms with E-state index < -0.39 is 0 Å². The molecule has 0 aliphatic heterocycles. The van der Waals surface area contributed by atoms with Crippen LogP contribution in [0.2, 0.25) is 0 Å². The summed E-state index contributed by atoms with van der Waals surface area (Å²) in [6, 6.07) is 8.92. The Hall–Kier alpha value is -2.34. The largest absolute Gasteiger partial charge is 0.493 e. The Balaban J connectivity index is 2.19. The summed E-state index contributed by atoms with van der Waals surface area (Å²) >= 11 is 1.21. The Bertz CT molecular complexity index is 723. The Morgan fingerprint density at radius 1 is 1.09 bits per heavy atom. The molecule has 23 heavy (non-hydrogen) atoms. The number of carbonyl (C=O) groups excluding carboxylic acids is 2. The second kappa shape index (κ2) is 7.28. The fraction of sp³-hybridized carbons (Fsp3) is 0.294. The van der Waals surface area contributed by atoms with Crippen LogP contribution in [-0.2, 0) is 6.54 Å². The molecular weight excluding hydrogens is 314 g/mol. The molecule has 0 aliphatic rings. The highest BCUT2D eigenvalue weighted by molar-refractivity contribution is 7.15. The number of hydrogen-bond donors (Lipinski definition) is 0. The quantitative estimate of drug-likeness (QED) is 0.762. The summed E-state index contributed by atoms with van der Waals surface area (Å²) in [5, 5.41) is 0. The van der Waals surface area contributed by atoms with Crippen LogP contribution in [0.4, 0.5) is 0 Å². The van der Waals surface area contributed by atoms with Crippen LogP contribution in [0.1, 0.15) is 31.8 Å². The van der Waals surface area contributed by atoms with Gasteiger partial charge in [-0.2, -0.15) is 0 Å². The van der Waals surface area contributed by atoms with E-state index in [1.54, 1.807) is 38.3 Å². The molecule has 2 aromatic rings. The van der Waals surface area contributed by atoms with Gasteiger partial charge in [0.25, 0.3) is 5.91 Å². The van der Waals surface area contributed by atoms with Crippen molar-refractivity contribution in [3.63, 3.8) is 0 Å². The van der Waals surface area contributed by atoms with Gasteiger partial charge >= 0.3 is 0 Å². The molecular formula is C17H19NO4S. The highest BCUT2D eigenvalue weighted by atomic mass is 32.1. The van der Waals surface area contributed by atoms with Gasteiger partial charge in [0, 0.05) is 19.2 Å². The van der Waals surface area contributed by atoms with Gasteiger partial charge in [-0.1, -0.05) is 12.1 Å². The average molecular weight is 333 g/mol. The van der Waals surface area contributed by atoms with Gasteiger partial charge in [-0.25, -0.2) is 0 Å². The molecule has 1 heterocycles. The monoisotopic (exact) mass is 333 g/mol. The summed E-state index contributed by atoms with van der Waals surface area (Å²) in [5.74, 6) is 1.07. The smallest absolute Gasteiger partial charge is 0.263 e. The number of methoxy groups -OCH3 is 2. The standard InChI is InChI=1S/C17H19NO4S/c1-11(19)14-8-9-15(23-14)17(20)18(2)10-12-6-5-7-13(21-3)16(12)22-4/h5-9H,10H2,1-4H3. The van der Waals surface area contributed by atoms with Crippen molar-refractivity contribution in [3.05, 3.63) is 45.6 Å². The highest BCUT2D eigenvalue weighted by Gasteiger charge is 2.18. The van der Waals surface area contributed by atoms with E-state index in [4.69, 9.17) is 9.47 Å². The van der Waals surface area contributed by atoms with Crippen molar-refractivity contribution in [1.29, 1.82) is 0 Å². The molecule has 0 spiro atoms. The van der Waals surface area contributed by atoms with E-state index in [0.29, 0.717) is 27.8 Å². The van der Waals surface area contributed by atoms with Crippen LogP contribution in [0.25, 0.3) is 0 Å². The van der Waals surface area contributed by atoms with Gasteiger partial charge in [0.1, 0.15) is 0 Å². The minimum atomic E-state index is -0.132. The van der Waals surface area contributed by atoms with Gasteiger partial charge < -0.3 is 14.4 Å². The molecule has 0 unspecified atom stereocenters. The maximum absolute atomic E-state index is 12.5. The van der Waals surface area contributed by atoms with Gasteiger partial charge in [-0.15, -0.1) is 11.3 Å². The van der Waals surface area contributed by atoms with Gasteiger partial charge in [-0.05, 0) is 25.1 Å². The zero-order chi connectivity index (χ0) is 17.0. The molecule has 5 nitrogen and oxygen atoms in total. The summed E-state index contributed by atoms with van der Waals surface area (Å²) in [7, 11) is 4.86. The Labute approximate surface area is 139 Å². The molecule has 0 radical (unpaired) electrons. The fourth-order valence-corrected chi connectivity index (χ4v) is 3.13. The number of para-hydroxylation sites is 1. The number of nitrogens with zero attached hydrogens (tertiary/aromatic N) is 1. The molecule has 2 rings (SSSR count). The number of amides is 1. The van der Waals surface area contributed by atoms with E-state index in [-0.39, 0.29) is 11.7 Å². The molecule has 0 aliphatic carbocycles. The maximum Gasteiger partial charge on any atom is 0.263 e. The van der Waals surface area contributed by atoms with Crippen LogP contribution in [0, 0.1) is 0 Å². The van der Waals surface area contributed by atoms with E-state index >= 15 is 0 Å². The number of ketones is 1. The first-order valence-corrected chi connectivity index (χ1v) is 7.85. The number of Topliss-reactive ketones (excluding diaryl/α,β-unsaturated/α-hetero) is 1. The van der Waals surface area contributed by atoms with Crippen molar-refractivity contribution in [2.45, 2.75) is 13.5 Å². The van der Waals surface area contributed by atoms with Crippen LogP contribution < -0.4 is 9.47 Å². The Morgan fingerprint density at radius 3 is 2.35 bits per heavy atom. The van der Waals surface area contributed by atoms with Crippen LogP contribution in [0.15, 0.2) is 30.3 Å². The predicted octanol–water partition coefficient (Wildman–Crippen LogP) is 3.24. The van der Waals surface area contributed by atoms with E-state index in [0.717, 1.165) is 5.56 Å². The van der Waals surface area contributed by atoms with Gasteiger partial charge in [0.2, 0.25) is 0 Å². The Morgan fingerprint density at radius 2 is 1.78 bits per heavy atom. The molecule has 1 amide bonds. The third-order valence-corrected chi connectivity index (χ3v) is 4.58. The summed E-state index contributed by atoms with van der Waals surface area (Å²) < 4.78 is 10.7. The number of hydrogen-bond acceptors (Lipinski definition) is 5. The lowest BCUT2D eigenvalue weighted by atomic mass is 10.1. The van der Waals surface area contributed by atoms with Crippen molar-refractivity contribution < 1.29 is 19.1 Å². The van der Waals surface area contributed by atoms with Gasteiger partial charge in [0.05, 0.1) is 24.0 Å². The van der Waals surface area contributed by atoms with Crippen molar-refractivity contribution in [2.75, 3.05) is 21.3 Å². The first-order valence-electron chi connectivity index (χ1n) is 7.04. The summed E-state index contributed by atoms with van der Waals surface area (Å²) in [5.41, 5.74) is 0.853. The Kier molecular flexibility index (Phi) is 5.39. The topological polar surface area (TPSA) is 55.8 Å². The second-order valence-corrected chi connectivity index (χ2v) is 6.12. The lowest BCUT2D eigenvalue weighted by Crippen LogP contribution is -2.25. The van der Waals surface area contributed by atoms with Crippen molar-refractivity contribution in [2.24, 2.45) is 0 Å². The number of thiophene rings is 1. The van der Waals surface area contributed by atoms with E-state index in [1.807, 2.05) is 18.2 Å². The molecule has 0 bridgehead atoms. The minimum absolute atomic E-state index is 0.0360. The number of carbonyl (C=O) groups is 2. The molecule has 0 N–H and O–H groups in total. The zero-order valence-corrected chi connectivity index (χ0v) is 14.4. The molecule has 0 fully saturated rings. The first-order chi connectivity index (χ1) is 11.0. The van der Waals surface area contributed by atoms with Crippen LogP contribution in [0.5, 0.6) is 11.5 Å². The van der Waals surface area contributed by atoms with E-state index in [9.17, 15) is 9.59 Å². The normalized spacial score (nSPS) is 10.3. The lowest BCUT2D eigenvalue weighted by molar-refractivity contribution is 0.0788. The highest BCUT2D eigenvalue weighted by Crippen LogP contribution is 2.31. The number of benzene rings is 1. The molecule has 1 aromatic carbocycles. The SMILES string of the molecule is COc1cccc(CN(C)C(=O)c2ccc(C(C)=O)s2)c1OC. The molecule has 1 aromatic heterocycles. The average Bonchev–Trinajstić information content (AvgIpc) is 3.03. The van der Waals surface area contributed by atoms with E-state index in [1.165, 1.54) is 18.3 Å². The van der Waals surface area contributed by atoms with Crippen LogP contribution in [0.3, 0.4) is 0 Å². The maximum atomic E-state index is 12.5.